The molecule has 5 heteroatoms. The number of rotatable bonds is 3. The Bertz CT molecular complexity index is 518. The maximum absolute atomic E-state index is 5.37. The fourth-order valence-electron chi connectivity index (χ4n) is 2.45. The highest BCUT2D eigenvalue weighted by Crippen LogP contribution is 2.15. The molecule has 2 aromatic heterocycles. The number of nitrogens with one attached hydrogen (secondary N) is 1. The van der Waals surface area contributed by atoms with Crippen molar-refractivity contribution in [3.63, 3.8) is 0 Å². The van der Waals surface area contributed by atoms with Crippen molar-refractivity contribution in [2.45, 2.75) is 31.8 Å². The van der Waals surface area contributed by atoms with Crippen LogP contribution in [0, 0.1) is 0 Å². The van der Waals surface area contributed by atoms with E-state index in [9.17, 15) is 0 Å². The van der Waals surface area contributed by atoms with Crippen LogP contribution in [0.3, 0.4) is 0 Å². The molecular weight excluding hydrogens is 228 g/mol. The van der Waals surface area contributed by atoms with E-state index in [0.29, 0.717) is 6.04 Å². The third-order valence-corrected chi connectivity index (χ3v) is 3.43. The Labute approximate surface area is 106 Å². The number of nitrogens with zero attached hydrogens (tertiary/aromatic N) is 3. The average Bonchev–Trinajstić information content (AvgIpc) is 2.84. The molecule has 18 heavy (non-hydrogen) atoms. The largest absolute Gasteiger partial charge is 0.381 e. The first-order valence-electron chi connectivity index (χ1n) is 6.48. The van der Waals surface area contributed by atoms with Crippen LogP contribution < -0.4 is 5.32 Å². The summed E-state index contributed by atoms with van der Waals surface area (Å²) in [4.78, 5) is 0. The van der Waals surface area contributed by atoms with Gasteiger partial charge in [0.15, 0.2) is 11.5 Å². The van der Waals surface area contributed by atoms with Crippen LogP contribution in [0.1, 0.15) is 31.6 Å². The third-order valence-electron chi connectivity index (χ3n) is 3.43. The molecule has 1 atom stereocenters. The molecule has 0 saturated carbocycles. The van der Waals surface area contributed by atoms with Gasteiger partial charge < -0.3 is 10.1 Å². The van der Waals surface area contributed by atoms with Crippen LogP contribution in [-0.4, -0.2) is 33.9 Å². The average molecular weight is 246 g/mol. The van der Waals surface area contributed by atoms with Crippen molar-refractivity contribution in [3.05, 3.63) is 30.2 Å². The Hall–Kier alpha value is -1.46. The quantitative estimate of drug-likeness (QED) is 0.893. The molecule has 0 spiro atoms. The van der Waals surface area contributed by atoms with Gasteiger partial charge in [0.25, 0.3) is 0 Å². The minimum Gasteiger partial charge on any atom is -0.381 e. The van der Waals surface area contributed by atoms with Gasteiger partial charge in [-0.25, -0.2) is 0 Å². The lowest BCUT2D eigenvalue weighted by Gasteiger charge is -2.26. The first-order chi connectivity index (χ1) is 8.84. The van der Waals surface area contributed by atoms with Gasteiger partial charge in [0, 0.05) is 25.5 Å². The highest BCUT2D eigenvalue weighted by atomic mass is 16.5. The number of aromatic nitrogens is 3. The predicted molar refractivity (Wildman–Crippen MR) is 68.4 cm³/mol. The van der Waals surface area contributed by atoms with Crippen LogP contribution in [0.25, 0.3) is 5.65 Å². The third kappa shape index (κ3) is 2.23. The van der Waals surface area contributed by atoms with Gasteiger partial charge in [-0.3, -0.25) is 4.40 Å². The second-order valence-electron chi connectivity index (χ2n) is 4.76. The summed E-state index contributed by atoms with van der Waals surface area (Å²) in [5, 5.41) is 12.1. The van der Waals surface area contributed by atoms with Crippen LogP contribution in [0.2, 0.25) is 0 Å². The Morgan fingerprint density at radius 3 is 3.00 bits per heavy atom. The fraction of sp³-hybridized carbons (Fsp3) is 0.538. The van der Waals surface area contributed by atoms with Gasteiger partial charge in [-0.1, -0.05) is 6.07 Å². The van der Waals surface area contributed by atoms with Crippen molar-refractivity contribution in [3.8, 4) is 0 Å². The lowest BCUT2D eigenvalue weighted by Crippen LogP contribution is -2.37. The molecular formula is C13H18N4O. The smallest absolute Gasteiger partial charge is 0.160 e. The summed E-state index contributed by atoms with van der Waals surface area (Å²) in [6.07, 6.45) is 4.15. The van der Waals surface area contributed by atoms with Gasteiger partial charge in [0.05, 0.1) is 6.04 Å². The number of hydrogen-bond donors (Lipinski definition) is 1. The zero-order chi connectivity index (χ0) is 12.4. The molecule has 5 nitrogen and oxygen atoms in total. The molecule has 3 rings (SSSR count). The van der Waals surface area contributed by atoms with E-state index in [0.717, 1.165) is 37.5 Å². The molecule has 0 amide bonds. The summed E-state index contributed by atoms with van der Waals surface area (Å²) in [5.74, 6) is 0.970. The van der Waals surface area contributed by atoms with E-state index in [1.165, 1.54) is 0 Å². The van der Waals surface area contributed by atoms with Crippen molar-refractivity contribution < 1.29 is 4.74 Å². The topological polar surface area (TPSA) is 51.5 Å². The Morgan fingerprint density at radius 1 is 1.33 bits per heavy atom. The maximum Gasteiger partial charge on any atom is 0.160 e. The monoisotopic (exact) mass is 246 g/mol. The summed E-state index contributed by atoms with van der Waals surface area (Å²) in [5.41, 5.74) is 0.896. The maximum atomic E-state index is 5.37. The van der Waals surface area contributed by atoms with Crippen molar-refractivity contribution >= 4 is 5.65 Å². The fourth-order valence-corrected chi connectivity index (χ4v) is 2.45. The standard InChI is InChI=1S/C13H18N4O/c1-10(14-11-5-8-18-9-6-11)13-16-15-12-4-2-3-7-17(12)13/h2-4,7,10-11,14H,5-6,8-9H2,1H3. The van der Waals surface area contributed by atoms with Crippen molar-refractivity contribution in [2.24, 2.45) is 0 Å². The van der Waals surface area contributed by atoms with Crippen LogP contribution in [0.5, 0.6) is 0 Å². The van der Waals surface area contributed by atoms with E-state index in [1.807, 2.05) is 28.8 Å². The molecule has 1 aliphatic heterocycles. The van der Waals surface area contributed by atoms with Gasteiger partial charge in [0.1, 0.15) is 0 Å². The van der Waals surface area contributed by atoms with E-state index < -0.39 is 0 Å². The molecule has 1 aliphatic rings. The summed E-state index contributed by atoms with van der Waals surface area (Å²) < 4.78 is 7.41. The number of fused-ring (bicyclic) bond motifs is 1. The van der Waals surface area contributed by atoms with E-state index in [1.54, 1.807) is 0 Å². The zero-order valence-electron chi connectivity index (χ0n) is 10.5. The second-order valence-corrected chi connectivity index (χ2v) is 4.76. The molecule has 1 N–H and O–H groups in total. The normalized spacial score (nSPS) is 19.2. The highest BCUT2D eigenvalue weighted by Gasteiger charge is 2.19. The molecule has 1 saturated heterocycles. The Kier molecular flexibility index (Phi) is 3.25. The molecule has 2 aromatic rings. The van der Waals surface area contributed by atoms with E-state index in [4.69, 9.17) is 4.74 Å². The lowest BCUT2D eigenvalue weighted by molar-refractivity contribution is 0.0751. The first-order valence-corrected chi connectivity index (χ1v) is 6.48. The molecule has 3 heterocycles. The predicted octanol–water partition coefficient (Wildman–Crippen LogP) is 1.56. The van der Waals surface area contributed by atoms with E-state index >= 15 is 0 Å². The number of pyridine rings is 1. The molecule has 0 radical (unpaired) electrons. The molecule has 1 unspecified atom stereocenters. The lowest BCUT2D eigenvalue weighted by atomic mass is 10.1. The van der Waals surface area contributed by atoms with Crippen LogP contribution in [0.4, 0.5) is 0 Å². The van der Waals surface area contributed by atoms with E-state index in [2.05, 4.69) is 22.4 Å². The van der Waals surface area contributed by atoms with Crippen LogP contribution >= 0.6 is 0 Å². The first kappa shape index (κ1) is 11.6. The van der Waals surface area contributed by atoms with Gasteiger partial charge in [0.2, 0.25) is 0 Å². The molecule has 96 valence electrons. The molecule has 0 aliphatic carbocycles. The van der Waals surface area contributed by atoms with Gasteiger partial charge >= 0.3 is 0 Å². The number of ether oxygens (including phenoxy) is 1. The SMILES string of the molecule is CC(NC1CCOCC1)c1nnc2ccccn12. The Morgan fingerprint density at radius 2 is 2.17 bits per heavy atom. The van der Waals surface area contributed by atoms with Crippen molar-refractivity contribution in [2.75, 3.05) is 13.2 Å². The van der Waals surface area contributed by atoms with Gasteiger partial charge in [-0.05, 0) is 31.9 Å². The highest BCUT2D eigenvalue weighted by molar-refractivity contribution is 5.37. The molecule has 0 aromatic carbocycles. The molecule has 1 fully saturated rings. The van der Waals surface area contributed by atoms with Crippen LogP contribution in [0.15, 0.2) is 24.4 Å². The summed E-state index contributed by atoms with van der Waals surface area (Å²) in [6, 6.07) is 6.67. The number of hydrogen-bond acceptors (Lipinski definition) is 4. The van der Waals surface area contributed by atoms with Crippen molar-refractivity contribution in [1.29, 1.82) is 0 Å². The van der Waals surface area contributed by atoms with Crippen molar-refractivity contribution in [1.82, 2.24) is 19.9 Å². The van der Waals surface area contributed by atoms with Gasteiger partial charge in [-0.2, -0.15) is 0 Å². The summed E-state index contributed by atoms with van der Waals surface area (Å²) in [6.45, 7) is 3.84. The minimum atomic E-state index is 0.200. The second kappa shape index (κ2) is 5.04. The Balaban J connectivity index is 1.76. The van der Waals surface area contributed by atoms with Crippen LogP contribution in [-0.2, 0) is 4.74 Å². The van der Waals surface area contributed by atoms with Gasteiger partial charge in [-0.15, -0.1) is 10.2 Å². The minimum absolute atomic E-state index is 0.200. The molecule has 0 bridgehead atoms. The summed E-state index contributed by atoms with van der Waals surface area (Å²) in [7, 11) is 0. The zero-order valence-corrected chi connectivity index (χ0v) is 10.5. The van der Waals surface area contributed by atoms with E-state index in [-0.39, 0.29) is 6.04 Å². The summed E-state index contributed by atoms with van der Waals surface area (Å²) >= 11 is 0.